The number of alkyl halides is 1. The average molecular weight is 306 g/mol. The van der Waals surface area contributed by atoms with Gasteiger partial charge in [-0.3, -0.25) is 0 Å². The van der Waals surface area contributed by atoms with Gasteiger partial charge in [-0.15, -0.1) is 11.6 Å². The van der Waals surface area contributed by atoms with Gasteiger partial charge in [0, 0.05) is 0 Å². The average Bonchev–Trinajstić information content (AvgIpc) is 2.86. The van der Waals surface area contributed by atoms with Crippen LogP contribution in [0.3, 0.4) is 0 Å². The molecule has 0 spiro atoms. The number of aromatic nitrogens is 2. The van der Waals surface area contributed by atoms with E-state index in [0.29, 0.717) is 16.4 Å². The molecule has 1 atom stereocenters. The maximum absolute atomic E-state index is 6.10. The summed E-state index contributed by atoms with van der Waals surface area (Å²) >= 11 is 9.35. The summed E-state index contributed by atoms with van der Waals surface area (Å²) in [6.07, 6.45) is 3.36. The number of furan rings is 1. The van der Waals surface area contributed by atoms with Gasteiger partial charge >= 0.3 is 0 Å². The summed E-state index contributed by atoms with van der Waals surface area (Å²) in [6.45, 7) is 2.06. The summed E-state index contributed by atoms with van der Waals surface area (Å²) < 4.78 is 10.8. The number of rotatable bonds is 4. The van der Waals surface area contributed by atoms with Crippen molar-refractivity contribution in [3.63, 3.8) is 0 Å². The lowest BCUT2D eigenvalue weighted by Crippen LogP contribution is -1.92. The third kappa shape index (κ3) is 2.30. The van der Waals surface area contributed by atoms with Crippen molar-refractivity contribution in [3.8, 4) is 11.5 Å². The van der Waals surface area contributed by atoms with E-state index in [1.165, 1.54) is 0 Å². The highest BCUT2D eigenvalue weighted by Crippen LogP contribution is 2.30. The van der Waals surface area contributed by atoms with Gasteiger partial charge in [0.2, 0.25) is 0 Å². The lowest BCUT2D eigenvalue weighted by atomic mass is 10.2. The van der Waals surface area contributed by atoms with Gasteiger partial charge in [0.15, 0.2) is 10.5 Å². The summed E-state index contributed by atoms with van der Waals surface area (Å²) in [5.74, 6) is 0.934. The molecule has 0 fully saturated rings. The zero-order valence-electron chi connectivity index (χ0n) is 8.61. The van der Waals surface area contributed by atoms with Crippen LogP contribution in [0, 0.1) is 0 Å². The van der Waals surface area contributed by atoms with Crippen molar-refractivity contribution >= 4 is 27.5 Å². The van der Waals surface area contributed by atoms with Gasteiger partial charge in [-0.05, 0) is 28.4 Å². The van der Waals surface area contributed by atoms with Gasteiger partial charge in [-0.2, -0.15) is 4.98 Å². The molecule has 0 saturated heterocycles. The Morgan fingerprint density at radius 2 is 2.38 bits per heavy atom. The first-order valence-electron chi connectivity index (χ1n) is 4.93. The lowest BCUT2D eigenvalue weighted by molar-refractivity contribution is 0.419. The van der Waals surface area contributed by atoms with E-state index in [2.05, 4.69) is 33.0 Å². The van der Waals surface area contributed by atoms with E-state index in [1.54, 1.807) is 12.3 Å². The van der Waals surface area contributed by atoms with Gasteiger partial charge in [0.1, 0.15) is 0 Å². The molecule has 0 N–H and O–H groups in total. The van der Waals surface area contributed by atoms with E-state index >= 15 is 0 Å². The quantitative estimate of drug-likeness (QED) is 0.795. The zero-order valence-corrected chi connectivity index (χ0v) is 11.0. The van der Waals surface area contributed by atoms with Crippen molar-refractivity contribution in [2.45, 2.75) is 25.1 Å². The Bertz CT molecular complexity index is 469. The molecule has 16 heavy (non-hydrogen) atoms. The highest BCUT2D eigenvalue weighted by atomic mass is 79.9. The fourth-order valence-corrected chi connectivity index (χ4v) is 2.02. The van der Waals surface area contributed by atoms with E-state index < -0.39 is 0 Å². The summed E-state index contributed by atoms with van der Waals surface area (Å²) in [5.41, 5.74) is 0.735. The second-order valence-corrected chi connectivity index (χ2v) is 4.57. The minimum Gasteiger partial charge on any atom is -0.457 e. The van der Waals surface area contributed by atoms with Crippen LogP contribution in [0.2, 0.25) is 0 Å². The van der Waals surface area contributed by atoms with Crippen molar-refractivity contribution in [1.82, 2.24) is 10.1 Å². The Balaban J connectivity index is 2.23. The van der Waals surface area contributed by atoms with Crippen LogP contribution in [0.4, 0.5) is 0 Å². The van der Waals surface area contributed by atoms with Crippen LogP contribution in [0.25, 0.3) is 11.5 Å². The number of hydrogen-bond acceptors (Lipinski definition) is 4. The highest BCUT2D eigenvalue weighted by molar-refractivity contribution is 9.10. The molecule has 2 heterocycles. The molecule has 0 amide bonds. The molecule has 1 unspecified atom stereocenters. The smallest absolute Gasteiger partial charge is 0.262 e. The third-order valence-electron chi connectivity index (χ3n) is 2.11. The molecule has 0 radical (unpaired) electrons. The Labute approximate surface area is 106 Å². The van der Waals surface area contributed by atoms with Crippen LogP contribution in [0.5, 0.6) is 0 Å². The minimum atomic E-state index is -0.201. The van der Waals surface area contributed by atoms with E-state index in [-0.39, 0.29) is 5.38 Å². The molecular formula is C10H10BrClN2O2. The van der Waals surface area contributed by atoms with Crippen molar-refractivity contribution < 1.29 is 8.94 Å². The highest BCUT2D eigenvalue weighted by Gasteiger charge is 2.18. The molecular weight excluding hydrogens is 295 g/mol. The molecule has 0 aliphatic rings. The standard InChI is InChI=1S/C10H10BrClN2O2/c1-2-3-7(12)9-13-10(16-14-9)6-4-5-15-8(6)11/h4-5,7H,2-3H2,1H3. The fraction of sp³-hybridized carbons (Fsp3) is 0.400. The van der Waals surface area contributed by atoms with Crippen LogP contribution >= 0.6 is 27.5 Å². The first-order valence-corrected chi connectivity index (χ1v) is 6.16. The lowest BCUT2D eigenvalue weighted by Gasteiger charge is -1.99. The van der Waals surface area contributed by atoms with Gasteiger partial charge in [0.25, 0.3) is 5.89 Å². The van der Waals surface area contributed by atoms with Crippen molar-refractivity contribution in [2.24, 2.45) is 0 Å². The number of halogens is 2. The summed E-state index contributed by atoms with van der Waals surface area (Å²) in [4.78, 5) is 4.23. The molecule has 0 aliphatic carbocycles. The molecule has 86 valence electrons. The predicted molar refractivity (Wildman–Crippen MR) is 63.2 cm³/mol. The number of hydrogen-bond donors (Lipinski definition) is 0. The summed E-state index contributed by atoms with van der Waals surface area (Å²) in [6, 6.07) is 1.75. The van der Waals surface area contributed by atoms with E-state index in [1.807, 2.05) is 0 Å². The van der Waals surface area contributed by atoms with Crippen LogP contribution in [-0.4, -0.2) is 10.1 Å². The maximum Gasteiger partial charge on any atom is 0.262 e. The number of nitrogens with zero attached hydrogens (tertiary/aromatic N) is 2. The molecule has 0 aliphatic heterocycles. The fourth-order valence-electron chi connectivity index (χ4n) is 1.30. The molecule has 0 aromatic carbocycles. The van der Waals surface area contributed by atoms with Crippen molar-refractivity contribution in [3.05, 3.63) is 22.8 Å². The topological polar surface area (TPSA) is 52.1 Å². The molecule has 2 aromatic heterocycles. The molecule has 2 rings (SSSR count). The van der Waals surface area contributed by atoms with Crippen LogP contribution in [0.1, 0.15) is 31.0 Å². The summed E-state index contributed by atoms with van der Waals surface area (Å²) in [7, 11) is 0. The van der Waals surface area contributed by atoms with Gasteiger partial charge in [-0.1, -0.05) is 18.5 Å². The van der Waals surface area contributed by atoms with Crippen LogP contribution < -0.4 is 0 Å². The monoisotopic (exact) mass is 304 g/mol. The second kappa shape index (κ2) is 5.01. The SMILES string of the molecule is CCCC(Cl)c1noc(-c2ccoc2Br)n1. The van der Waals surface area contributed by atoms with Crippen molar-refractivity contribution in [2.75, 3.05) is 0 Å². The molecule has 0 saturated carbocycles. The molecule has 6 heteroatoms. The summed E-state index contributed by atoms with van der Waals surface area (Å²) in [5, 5.41) is 3.65. The zero-order chi connectivity index (χ0) is 11.5. The predicted octanol–water partition coefficient (Wildman–Crippen LogP) is 4.17. The van der Waals surface area contributed by atoms with E-state index in [4.69, 9.17) is 20.5 Å². The Morgan fingerprint density at radius 1 is 1.56 bits per heavy atom. The van der Waals surface area contributed by atoms with E-state index in [0.717, 1.165) is 18.4 Å². The first kappa shape index (κ1) is 11.7. The van der Waals surface area contributed by atoms with Crippen molar-refractivity contribution in [1.29, 1.82) is 0 Å². The van der Waals surface area contributed by atoms with Gasteiger partial charge in [0.05, 0.1) is 17.2 Å². The molecule has 4 nitrogen and oxygen atoms in total. The van der Waals surface area contributed by atoms with Crippen LogP contribution in [0.15, 0.2) is 25.9 Å². The second-order valence-electron chi connectivity index (χ2n) is 3.32. The maximum atomic E-state index is 6.10. The largest absolute Gasteiger partial charge is 0.457 e. The molecule has 2 aromatic rings. The Morgan fingerprint density at radius 3 is 3.00 bits per heavy atom. The normalized spacial score (nSPS) is 12.9. The first-order chi connectivity index (χ1) is 7.72. The minimum absolute atomic E-state index is 0.201. The Kier molecular flexibility index (Phi) is 3.66. The Hall–Kier alpha value is -0.810. The molecule has 0 bridgehead atoms. The van der Waals surface area contributed by atoms with Crippen LogP contribution in [-0.2, 0) is 0 Å². The third-order valence-corrected chi connectivity index (χ3v) is 3.14. The van der Waals surface area contributed by atoms with Gasteiger partial charge in [-0.25, -0.2) is 0 Å². The van der Waals surface area contributed by atoms with E-state index in [9.17, 15) is 0 Å². The van der Waals surface area contributed by atoms with Gasteiger partial charge < -0.3 is 8.94 Å².